The number of fused-ring (bicyclic) bond motifs is 1. The van der Waals surface area contributed by atoms with Crippen molar-refractivity contribution >= 4 is 40.7 Å². The van der Waals surface area contributed by atoms with Crippen LogP contribution in [0, 0.1) is 0 Å². The van der Waals surface area contributed by atoms with Gasteiger partial charge in [0.05, 0.1) is 5.69 Å². The van der Waals surface area contributed by atoms with Crippen molar-refractivity contribution in [1.82, 2.24) is 0 Å². The number of hydrogen-bond acceptors (Lipinski definition) is 6. The van der Waals surface area contributed by atoms with Crippen molar-refractivity contribution in [2.45, 2.75) is 59.4 Å². The lowest BCUT2D eigenvalue weighted by molar-refractivity contribution is -0.138. The van der Waals surface area contributed by atoms with Crippen LogP contribution in [0.1, 0.15) is 52.7 Å². The lowest BCUT2D eigenvalue weighted by Crippen LogP contribution is -2.43. The van der Waals surface area contributed by atoms with Crippen molar-refractivity contribution in [3.8, 4) is 0 Å². The predicted octanol–water partition coefficient (Wildman–Crippen LogP) is 7.27. The topological polar surface area (TPSA) is 82.1 Å². The van der Waals surface area contributed by atoms with Gasteiger partial charge in [-0.05, 0) is 81.7 Å². The molecule has 0 heterocycles. The third-order valence-corrected chi connectivity index (χ3v) is 4.92. The fourth-order valence-corrected chi connectivity index (χ4v) is 3.44. The van der Waals surface area contributed by atoms with E-state index in [1.165, 1.54) is 6.08 Å². The van der Waals surface area contributed by atoms with E-state index in [4.69, 9.17) is 14.2 Å². The van der Waals surface area contributed by atoms with Crippen LogP contribution in [-0.4, -0.2) is 29.4 Å². The van der Waals surface area contributed by atoms with Gasteiger partial charge in [-0.1, -0.05) is 54.6 Å². The van der Waals surface area contributed by atoms with Crippen LogP contribution in [0.4, 0.5) is 15.3 Å². The van der Waals surface area contributed by atoms with Gasteiger partial charge in [0.1, 0.15) is 17.8 Å². The van der Waals surface area contributed by atoms with E-state index in [-0.39, 0.29) is 12.3 Å². The Balaban J connectivity index is 1.74. The molecule has 0 aromatic heterocycles. The Kier molecular flexibility index (Phi) is 8.38. The Morgan fingerprint density at radius 1 is 0.784 bits per heavy atom. The number of esters is 1. The van der Waals surface area contributed by atoms with Crippen molar-refractivity contribution in [3.05, 3.63) is 83.9 Å². The van der Waals surface area contributed by atoms with E-state index in [1.54, 1.807) is 71.9 Å². The molecule has 0 saturated carbocycles. The number of benzene rings is 3. The number of rotatable bonds is 5. The fourth-order valence-electron chi connectivity index (χ4n) is 3.44. The van der Waals surface area contributed by atoms with Gasteiger partial charge < -0.3 is 14.2 Å². The maximum absolute atomic E-state index is 12.9. The minimum Gasteiger partial charge on any atom is -0.458 e. The average molecular weight is 504 g/mol. The van der Waals surface area contributed by atoms with Crippen LogP contribution in [0.3, 0.4) is 0 Å². The summed E-state index contributed by atoms with van der Waals surface area (Å²) in [5.74, 6) is -0.519. The van der Waals surface area contributed by atoms with Gasteiger partial charge in [-0.3, -0.25) is 0 Å². The van der Waals surface area contributed by atoms with Crippen LogP contribution >= 0.6 is 0 Å². The summed E-state index contributed by atoms with van der Waals surface area (Å²) in [6.07, 6.45) is 1.36. The number of carbonyl (C=O) groups excluding carboxylic acids is 3. The summed E-state index contributed by atoms with van der Waals surface area (Å²) in [5, 5.41) is 2.11. The van der Waals surface area contributed by atoms with Crippen molar-refractivity contribution in [3.63, 3.8) is 0 Å². The lowest BCUT2D eigenvalue weighted by atomic mass is 10.0. The Morgan fingerprint density at radius 3 is 2.03 bits per heavy atom. The van der Waals surface area contributed by atoms with Crippen LogP contribution < -0.4 is 4.90 Å². The minimum atomic E-state index is -0.867. The molecule has 3 aromatic rings. The van der Waals surface area contributed by atoms with Gasteiger partial charge in [0.2, 0.25) is 0 Å². The number of imide groups is 1. The molecule has 0 unspecified atom stereocenters. The smallest absolute Gasteiger partial charge is 0.424 e. The molecule has 0 fully saturated rings. The Bertz CT molecular complexity index is 1280. The largest absolute Gasteiger partial charge is 0.458 e. The molecule has 37 heavy (non-hydrogen) atoms. The van der Waals surface area contributed by atoms with Crippen LogP contribution in [0.15, 0.2) is 72.8 Å². The van der Waals surface area contributed by atoms with E-state index in [1.807, 2.05) is 42.5 Å². The molecule has 7 nitrogen and oxygen atoms in total. The van der Waals surface area contributed by atoms with E-state index >= 15 is 0 Å². The lowest BCUT2D eigenvalue weighted by Gasteiger charge is -2.28. The summed E-state index contributed by atoms with van der Waals surface area (Å²) in [4.78, 5) is 39.0. The molecule has 0 bridgehead atoms. The highest BCUT2D eigenvalue weighted by Crippen LogP contribution is 2.24. The third-order valence-electron chi connectivity index (χ3n) is 4.92. The van der Waals surface area contributed by atoms with Crippen LogP contribution in [0.2, 0.25) is 0 Å². The molecular formula is C30H33NO6. The summed E-state index contributed by atoms with van der Waals surface area (Å²) in [5.41, 5.74) is 0.0919. The van der Waals surface area contributed by atoms with E-state index in [0.717, 1.165) is 21.2 Å². The number of carbonyl (C=O) groups is 3. The first-order valence-corrected chi connectivity index (χ1v) is 12.0. The molecule has 194 valence electrons. The van der Waals surface area contributed by atoms with Gasteiger partial charge in [-0.15, -0.1) is 0 Å². The normalized spacial score (nSPS) is 11.8. The van der Waals surface area contributed by atoms with Gasteiger partial charge in [-0.2, -0.15) is 4.90 Å². The minimum absolute atomic E-state index is 0.0526. The highest BCUT2D eigenvalue weighted by Gasteiger charge is 2.32. The predicted molar refractivity (Wildman–Crippen MR) is 144 cm³/mol. The molecule has 2 amide bonds. The summed E-state index contributed by atoms with van der Waals surface area (Å²) in [7, 11) is 0. The molecule has 0 atom stereocenters. The molecule has 0 N–H and O–H groups in total. The van der Waals surface area contributed by atoms with E-state index < -0.39 is 29.4 Å². The summed E-state index contributed by atoms with van der Waals surface area (Å²) in [6.45, 7) is 10.2. The molecule has 0 saturated heterocycles. The quantitative estimate of drug-likeness (QED) is 0.207. The first-order chi connectivity index (χ1) is 17.3. The van der Waals surface area contributed by atoms with Crippen molar-refractivity contribution < 1.29 is 28.6 Å². The zero-order chi connectivity index (χ0) is 27.2. The highest BCUT2D eigenvalue weighted by molar-refractivity contribution is 6.09. The molecule has 0 aliphatic heterocycles. The van der Waals surface area contributed by atoms with Gasteiger partial charge in [-0.25, -0.2) is 14.4 Å². The standard InChI is InChI=1S/C30H33NO6/c1-29(2,3)36-27(33)31(28(34)37-30(4,5)6)24-15-9-11-21(19-24)20-35-26(32)18-17-23-14-10-13-22-12-7-8-16-25(22)23/h7-19H,20H2,1-6H3/b18-17+. The highest BCUT2D eigenvalue weighted by atomic mass is 16.6. The van der Waals surface area contributed by atoms with E-state index in [2.05, 4.69) is 0 Å². The molecule has 0 radical (unpaired) electrons. The zero-order valence-corrected chi connectivity index (χ0v) is 22.1. The second kappa shape index (κ2) is 11.3. The Morgan fingerprint density at radius 2 is 1.38 bits per heavy atom. The molecular weight excluding hydrogens is 470 g/mol. The van der Waals surface area contributed by atoms with Crippen LogP contribution in [0.25, 0.3) is 16.8 Å². The fraction of sp³-hybridized carbons (Fsp3) is 0.300. The molecule has 3 aromatic carbocycles. The molecule has 0 aliphatic carbocycles. The zero-order valence-electron chi connectivity index (χ0n) is 22.1. The number of ether oxygens (including phenoxy) is 3. The van der Waals surface area contributed by atoms with Gasteiger partial charge in [0.25, 0.3) is 0 Å². The SMILES string of the molecule is CC(C)(C)OC(=O)N(C(=O)OC(C)(C)C)c1cccc(COC(=O)/C=C/c2cccc3ccccc23)c1. The van der Waals surface area contributed by atoms with Gasteiger partial charge in [0, 0.05) is 6.08 Å². The monoisotopic (exact) mass is 503 g/mol. The number of anilines is 1. The van der Waals surface area contributed by atoms with Gasteiger partial charge in [0.15, 0.2) is 0 Å². The second-order valence-corrected chi connectivity index (χ2v) is 10.5. The maximum Gasteiger partial charge on any atom is 0.424 e. The number of hydrogen-bond donors (Lipinski definition) is 0. The molecule has 7 heteroatoms. The summed E-state index contributed by atoms with van der Waals surface area (Å²) < 4.78 is 16.3. The maximum atomic E-state index is 12.9. The number of amides is 2. The van der Waals surface area contributed by atoms with Gasteiger partial charge >= 0.3 is 18.2 Å². The van der Waals surface area contributed by atoms with Crippen molar-refractivity contribution in [1.29, 1.82) is 0 Å². The molecule has 0 aliphatic rings. The first-order valence-electron chi connectivity index (χ1n) is 12.0. The van der Waals surface area contributed by atoms with Crippen LogP contribution in [0.5, 0.6) is 0 Å². The van der Waals surface area contributed by atoms with E-state index in [9.17, 15) is 14.4 Å². The summed E-state index contributed by atoms with van der Waals surface area (Å²) >= 11 is 0. The first kappa shape index (κ1) is 27.5. The number of nitrogens with zero attached hydrogens (tertiary/aromatic N) is 1. The van der Waals surface area contributed by atoms with Crippen LogP contribution in [-0.2, 0) is 25.6 Å². The molecule has 3 rings (SSSR count). The van der Waals surface area contributed by atoms with E-state index in [0.29, 0.717) is 5.56 Å². The Labute approximate surface area is 217 Å². The van der Waals surface area contributed by atoms with Crippen molar-refractivity contribution in [2.24, 2.45) is 0 Å². The Hall–Kier alpha value is -4.13. The van der Waals surface area contributed by atoms with Crippen molar-refractivity contribution in [2.75, 3.05) is 4.90 Å². The third kappa shape index (κ3) is 8.20. The second-order valence-electron chi connectivity index (χ2n) is 10.5. The summed E-state index contributed by atoms with van der Waals surface area (Å²) in [6, 6.07) is 20.3. The molecule has 0 spiro atoms. The average Bonchev–Trinajstić information content (AvgIpc) is 2.79.